The topological polar surface area (TPSA) is 92.2 Å². The molecule has 3 aromatic rings. The van der Waals surface area contributed by atoms with E-state index in [1.165, 1.54) is 31.4 Å². The number of nitrogens with zero attached hydrogens (tertiary/aromatic N) is 2. The van der Waals surface area contributed by atoms with Gasteiger partial charge < -0.3 is 15.6 Å². The fourth-order valence-electron chi connectivity index (χ4n) is 2.61. The minimum absolute atomic E-state index is 0.00878. The molecule has 0 atom stereocenters. The van der Waals surface area contributed by atoms with Gasteiger partial charge in [0, 0.05) is 17.2 Å². The Morgan fingerprint density at radius 1 is 1.04 bits per heavy atom. The molecule has 1 aromatic heterocycles. The largest absolute Gasteiger partial charge is 0.504 e. The maximum atomic E-state index is 14.1. The van der Waals surface area contributed by atoms with Crippen LogP contribution in [0.25, 0.3) is 22.4 Å². The van der Waals surface area contributed by atoms with E-state index in [2.05, 4.69) is 4.98 Å². The molecule has 0 spiro atoms. The zero-order valence-electron chi connectivity index (χ0n) is 13.9. The second-order valence-electron chi connectivity index (χ2n) is 5.56. The predicted octanol–water partition coefficient (Wildman–Crippen LogP) is 4.00. The zero-order chi connectivity index (χ0) is 19.7. The molecular weight excluding hydrogens is 359 g/mol. The number of nitrogen functional groups attached to an aromatic ring is 1. The highest BCUT2D eigenvalue weighted by molar-refractivity contribution is 5.81. The summed E-state index contributed by atoms with van der Waals surface area (Å²) < 4.78 is 45.9. The average Bonchev–Trinajstić information content (AvgIpc) is 2.64. The van der Waals surface area contributed by atoms with Crippen molar-refractivity contribution in [3.05, 3.63) is 59.4 Å². The number of anilines is 1. The lowest BCUT2D eigenvalue weighted by Gasteiger charge is -2.12. The molecule has 0 aliphatic rings. The van der Waals surface area contributed by atoms with Crippen molar-refractivity contribution in [3.8, 4) is 40.0 Å². The Labute approximate surface area is 152 Å². The predicted molar refractivity (Wildman–Crippen MR) is 92.3 cm³/mol. The van der Waals surface area contributed by atoms with Gasteiger partial charge in [0.15, 0.2) is 23.1 Å². The number of aromatic hydroxyl groups is 1. The zero-order valence-corrected chi connectivity index (χ0v) is 13.9. The number of hydrogen-bond acceptors (Lipinski definition) is 5. The molecule has 0 saturated heterocycles. The average molecular weight is 371 g/mol. The summed E-state index contributed by atoms with van der Waals surface area (Å²) in [5.41, 5.74) is 6.14. The van der Waals surface area contributed by atoms with Crippen molar-refractivity contribution >= 4 is 5.82 Å². The van der Waals surface area contributed by atoms with Gasteiger partial charge in [-0.1, -0.05) is 6.07 Å². The standard InChI is InChI=1S/C19H12F3N3O2/c1-27-18-4-9(2-3-17(18)26)10-6-16(25-19(24)12(10)8-23)11-5-14(21)15(22)7-13(11)20/h2-7,26H,1H3,(H2,24,25). The third-order valence-corrected chi connectivity index (χ3v) is 3.94. The highest BCUT2D eigenvalue weighted by Crippen LogP contribution is 2.36. The molecule has 27 heavy (non-hydrogen) atoms. The van der Waals surface area contributed by atoms with E-state index in [0.29, 0.717) is 17.7 Å². The van der Waals surface area contributed by atoms with E-state index in [1.807, 2.05) is 6.07 Å². The molecule has 3 rings (SSSR count). The first-order valence-electron chi connectivity index (χ1n) is 7.58. The first-order chi connectivity index (χ1) is 12.8. The molecule has 3 N–H and O–H groups in total. The lowest BCUT2D eigenvalue weighted by atomic mass is 9.98. The van der Waals surface area contributed by atoms with Crippen molar-refractivity contribution in [1.29, 1.82) is 5.26 Å². The van der Waals surface area contributed by atoms with Gasteiger partial charge in [0.1, 0.15) is 23.3 Å². The lowest BCUT2D eigenvalue weighted by molar-refractivity contribution is 0.373. The summed E-state index contributed by atoms with van der Waals surface area (Å²) in [5, 5.41) is 19.1. The van der Waals surface area contributed by atoms with E-state index in [9.17, 15) is 23.5 Å². The Morgan fingerprint density at radius 3 is 2.41 bits per heavy atom. The number of benzene rings is 2. The minimum Gasteiger partial charge on any atom is -0.504 e. The second kappa shape index (κ2) is 6.88. The smallest absolute Gasteiger partial charge is 0.161 e. The molecule has 136 valence electrons. The number of nitrogens with two attached hydrogens (primary N) is 1. The molecule has 2 aromatic carbocycles. The first kappa shape index (κ1) is 18.1. The number of phenolic OH excluding ortho intramolecular Hbond substituents is 1. The maximum Gasteiger partial charge on any atom is 0.161 e. The summed E-state index contributed by atoms with van der Waals surface area (Å²) in [7, 11) is 1.35. The Morgan fingerprint density at radius 2 is 1.74 bits per heavy atom. The normalized spacial score (nSPS) is 10.5. The van der Waals surface area contributed by atoms with Crippen molar-refractivity contribution < 1.29 is 23.0 Å². The third kappa shape index (κ3) is 3.22. The van der Waals surface area contributed by atoms with E-state index >= 15 is 0 Å². The SMILES string of the molecule is COc1cc(-c2cc(-c3cc(F)c(F)cc3F)nc(N)c2C#N)ccc1O. The number of aromatic nitrogens is 1. The van der Waals surface area contributed by atoms with Gasteiger partial charge in [0.05, 0.1) is 12.8 Å². The van der Waals surface area contributed by atoms with Crippen LogP contribution in [0, 0.1) is 28.8 Å². The van der Waals surface area contributed by atoms with Gasteiger partial charge in [-0.05, 0) is 29.8 Å². The highest BCUT2D eigenvalue weighted by atomic mass is 19.2. The van der Waals surface area contributed by atoms with E-state index in [-0.39, 0.29) is 39.7 Å². The second-order valence-corrected chi connectivity index (χ2v) is 5.56. The van der Waals surface area contributed by atoms with Gasteiger partial charge in [0.2, 0.25) is 0 Å². The Bertz CT molecular complexity index is 1090. The van der Waals surface area contributed by atoms with Crippen LogP contribution in [-0.2, 0) is 0 Å². The van der Waals surface area contributed by atoms with Gasteiger partial charge in [-0.15, -0.1) is 0 Å². The number of phenols is 1. The molecule has 0 bridgehead atoms. The summed E-state index contributed by atoms with van der Waals surface area (Å²) in [5.74, 6) is -3.78. The van der Waals surface area contributed by atoms with Crippen molar-refractivity contribution in [2.24, 2.45) is 0 Å². The van der Waals surface area contributed by atoms with Crippen LogP contribution in [0.4, 0.5) is 19.0 Å². The molecular formula is C19H12F3N3O2. The minimum atomic E-state index is -1.33. The monoisotopic (exact) mass is 371 g/mol. The maximum absolute atomic E-state index is 14.1. The molecule has 0 aliphatic carbocycles. The Balaban J connectivity index is 2.27. The highest BCUT2D eigenvalue weighted by Gasteiger charge is 2.18. The van der Waals surface area contributed by atoms with Gasteiger partial charge in [-0.3, -0.25) is 0 Å². The molecule has 0 aliphatic heterocycles. The van der Waals surface area contributed by atoms with Gasteiger partial charge in [-0.25, -0.2) is 18.2 Å². The van der Waals surface area contributed by atoms with Crippen molar-refractivity contribution in [3.63, 3.8) is 0 Å². The van der Waals surface area contributed by atoms with Crippen molar-refractivity contribution in [2.45, 2.75) is 0 Å². The number of halogens is 3. The fraction of sp³-hybridized carbons (Fsp3) is 0.0526. The Kier molecular flexibility index (Phi) is 4.60. The van der Waals surface area contributed by atoms with Crippen molar-refractivity contribution in [1.82, 2.24) is 4.98 Å². The molecule has 0 amide bonds. The molecule has 1 heterocycles. The van der Waals surface area contributed by atoms with E-state index in [0.717, 1.165) is 0 Å². The number of ether oxygens (including phenoxy) is 1. The van der Waals surface area contributed by atoms with Crippen LogP contribution in [-0.4, -0.2) is 17.2 Å². The van der Waals surface area contributed by atoms with Crippen LogP contribution in [0.2, 0.25) is 0 Å². The fourth-order valence-corrected chi connectivity index (χ4v) is 2.61. The summed E-state index contributed by atoms with van der Waals surface area (Å²) in [4.78, 5) is 3.94. The number of methoxy groups -OCH3 is 1. The molecule has 8 heteroatoms. The third-order valence-electron chi connectivity index (χ3n) is 3.94. The Hall–Kier alpha value is -3.73. The number of pyridine rings is 1. The van der Waals surface area contributed by atoms with E-state index in [1.54, 1.807) is 0 Å². The summed E-state index contributed by atoms with van der Waals surface area (Å²) in [6.07, 6.45) is 0. The van der Waals surface area contributed by atoms with Crippen LogP contribution in [0.15, 0.2) is 36.4 Å². The lowest BCUT2D eigenvalue weighted by Crippen LogP contribution is -2.01. The first-order valence-corrected chi connectivity index (χ1v) is 7.58. The molecule has 0 radical (unpaired) electrons. The summed E-state index contributed by atoms with van der Waals surface area (Å²) in [6.45, 7) is 0. The van der Waals surface area contributed by atoms with Crippen LogP contribution in [0.3, 0.4) is 0 Å². The van der Waals surface area contributed by atoms with Crippen LogP contribution in [0.1, 0.15) is 5.56 Å². The van der Waals surface area contributed by atoms with E-state index < -0.39 is 17.5 Å². The molecule has 0 unspecified atom stereocenters. The molecule has 0 fully saturated rings. The molecule has 0 saturated carbocycles. The molecule has 5 nitrogen and oxygen atoms in total. The van der Waals surface area contributed by atoms with Crippen LogP contribution >= 0.6 is 0 Å². The van der Waals surface area contributed by atoms with Gasteiger partial charge in [-0.2, -0.15) is 5.26 Å². The quantitative estimate of drug-likeness (QED) is 0.679. The summed E-state index contributed by atoms with van der Waals surface area (Å²) in [6, 6.07) is 8.62. The van der Waals surface area contributed by atoms with Crippen LogP contribution in [0.5, 0.6) is 11.5 Å². The van der Waals surface area contributed by atoms with Gasteiger partial charge in [0.25, 0.3) is 0 Å². The van der Waals surface area contributed by atoms with Crippen LogP contribution < -0.4 is 10.5 Å². The number of nitriles is 1. The van der Waals surface area contributed by atoms with Crippen molar-refractivity contribution in [2.75, 3.05) is 12.8 Å². The number of hydrogen-bond donors (Lipinski definition) is 2. The van der Waals surface area contributed by atoms with Gasteiger partial charge >= 0.3 is 0 Å². The summed E-state index contributed by atoms with van der Waals surface area (Å²) >= 11 is 0. The van der Waals surface area contributed by atoms with E-state index in [4.69, 9.17) is 10.5 Å². The number of rotatable bonds is 3.